The molecule has 1 aromatic carbocycles. The third-order valence-electron chi connectivity index (χ3n) is 4.10. The van der Waals surface area contributed by atoms with Gasteiger partial charge in [0, 0.05) is 18.8 Å². The summed E-state index contributed by atoms with van der Waals surface area (Å²) in [6.07, 6.45) is 1.52. The second-order valence-electron chi connectivity index (χ2n) is 6.11. The van der Waals surface area contributed by atoms with Crippen molar-refractivity contribution in [2.45, 2.75) is 13.5 Å². The number of nitrogens with one attached hydrogen (secondary N) is 1. The molecule has 0 bridgehead atoms. The molecule has 28 heavy (non-hydrogen) atoms. The molecule has 0 saturated carbocycles. The topological polar surface area (TPSA) is 66.7 Å². The highest BCUT2D eigenvalue weighted by molar-refractivity contribution is 6.39. The van der Waals surface area contributed by atoms with Crippen molar-refractivity contribution in [2.24, 2.45) is 0 Å². The minimum absolute atomic E-state index is 0.0969. The highest BCUT2D eigenvalue weighted by Crippen LogP contribution is 2.29. The molecule has 0 fully saturated rings. The number of benzene rings is 1. The Morgan fingerprint density at radius 1 is 1.18 bits per heavy atom. The first-order chi connectivity index (χ1) is 13.4. The highest BCUT2D eigenvalue weighted by Gasteiger charge is 2.14. The number of amides is 1. The number of fused-ring (bicyclic) bond motifs is 1. The number of para-hydroxylation sites is 1. The average Bonchev–Trinajstić information content (AvgIpc) is 2.65. The zero-order chi connectivity index (χ0) is 20.3. The van der Waals surface area contributed by atoms with Gasteiger partial charge in [0.05, 0.1) is 33.0 Å². The monoisotopic (exact) mass is 438 g/mol. The quantitative estimate of drug-likeness (QED) is 0.627. The number of anilines is 1. The Morgan fingerprint density at radius 2 is 1.89 bits per heavy atom. The molecule has 1 N–H and O–H groups in total. The van der Waals surface area contributed by atoms with Crippen molar-refractivity contribution in [3.05, 3.63) is 73.7 Å². The number of nitrogens with zero attached hydrogens (tertiary/aromatic N) is 3. The van der Waals surface area contributed by atoms with Crippen LogP contribution in [0.3, 0.4) is 0 Å². The molecule has 1 amide bonds. The third kappa shape index (κ3) is 4.83. The molecule has 0 aliphatic carbocycles. The summed E-state index contributed by atoms with van der Waals surface area (Å²) in [5, 5.41) is 3.92. The van der Waals surface area contributed by atoms with E-state index < -0.39 is 0 Å². The fourth-order valence-corrected chi connectivity index (χ4v) is 3.37. The molecule has 3 rings (SSSR count). The number of carbonyl (C=O) groups excluding carboxylic acids is 1. The van der Waals surface area contributed by atoms with Crippen molar-refractivity contribution in [3.63, 3.8) is 0 Å². The van der Waals surface area contributed by atoms with E-state index in [0.29, 0.717) is 45.2 Å². The maximum absolute atomic E-state index is 12.4. The molecule has 2 aromatic heterocycles. The van der Waals surface area contributed by atoms with Crippen LogP contribution >= 0.6 is 34.8 Å². The van der Waals surface area contributed by atoms with Gasteiger partial charge in [-0.2, -0.15) is 0 Å². The maximum atomic E-state index is 12.4. The second-order valence-corrected chi connectivity index (χ2v) is 7.36. The Kier molecular flexibility index (Phi) is 6.57. The van der Waals surface area contributed by atoms with E-state index in [9.17, 15) is 9.59 Å². The van der Waals surface area contributed by atoms with Gasteiger partial charge < -0.3 is 5.32 Å². The lowest BCUT2D eigenvalue weighted by Gasteiger charge is -2.20. The van der Waals surface area contributed by atoms with Crippen LogP contribution in [0, 0.1) is 0 Å². The van der Waals surface area contributed by atoms with Crippen LogP contribution in [-0.2, 0) is 11.3 Å². The molecular weight excluding hydrogens is 423 g/mol. The Labute approximate surface area is 176 Å². The lowest BCUT2D eigenvalue weighted by molar-refractivity contribution is -0.117. The van der Waals surface area contributed by atoms with Crippen LogP contribution in [0.1, 0.15) is 12.6 Å². The normalized spacial score (nSPS) is 11.2. The standard InChI is InChI=1S/C19H17Cl3N4O2/c1-2-25(11-17(27)24-19-14(21)4-3-5-15(19)22)10-13-8-18(28)26-9-12(20)6-7-16(26)23-13/h3-9H,2,10-11H2,1H3,(H,24,27). The van der Waals surface area contributed by atoms with Gasteiger partial charge in [0.15, 0.2) is 0 Å². The van der Waals surface area contributed by atoms with Crippen LogP contribution in [0.2, 0.25) is 15.1 Å². The van der Waals surface area contributed by atoms with Crippen LogP contribution in [0.5, 0.6) is 0 Å². The van der Waals surface area contributed by atoms with Crippen molar-refractivity contribution in [2.75, 3.05) is 18.4 Å². The number of aromatic nitrogens is 2. The predicted molar refractivity (Wildman–Crippen MR) is 113 cm³/mol. The molecule has 0 spiro atoms. The van der Waals surface area contributed by atoms with Crippen molar-refractivity contribution in [1.82, 2.24) is 14.3 Å². The number of likely N-dealkylation sites (N-methyl/N-ethyl adjacent to an activating group) is 1. The van der Waals surface area contributed by atoms with Crippen molar-refractivity contribution < 1.29 is 4.79 Å². The molecule has 3 aromatic rings. The minimum Gasteiger partial charge on any atom is -0.322 e. The summed E-state index contributed by atoms with van der Waals surface area (Å²) in [5.74, 6) is -0.263. The van der Waals surface area contributed by atoms with Gasteiger partial charge in [0.1, 0.15) is 5.65 Å². The van der Waals surface area contributed by atoms with Gasteiger partial charge >= 0.3 is 0 Å². The molecule has 146 valence electrons. The first-order valence-corrected chi connectivity index (χ1v) is 9.65. The summed E-state index contributed by atoms with van der Waals surface area (Å²) in [5.41, 5.74) is 1.21. The van der Waals surface area contributed by atoms with Crippen molar-refractivity contribution >= 4 is 52.0 Å². The summed E-state index contributed by atoms with van der Waals surface area (Å²) < 4.78 is 1.38. The number of pyridine rings is 1. The van der Waals surface area contributed by atoms with Crippen LogP contribution in [-0.4, -0.2) is 33.3 Å². The number of hydrogen-bond acceptors (Lipinski definition) is 4. The summed E-state index contributed by atoms with van der Waals surface area (Å²) in [6.45, 7) is 2.95. The fourth-order valence-electron chi connectivity index (χ4n) is 2.71. The Balaban J connectivity index is 1.74. The first kappa shape index (κ1) is 20.6. The van der Waals surface area contributed by atoms with E-state index in [1.807, 2.05) is 11.8 Å². The molecule has 0 radical (unpaired) electrons. The van der Waals surface area contributed by atoms with E-state index in [2.05, 4.69) is 10.3 Å². The smallest absolute Gasteiger partial charge is 0.258 e. The lowest BCUT2D eigenvalue weighted by Crippen LogP contribution is -2.33. The number of rotatable bonds is 6. The molecule has 6 nitrogen and oxygen atoms in total. The summed E-state index contributed by atoms with van der Waals surface area (Å²) in [4.78, 5) is 31.0. The van der Waals surface area contributed by atoms with Crippen LogP contribution in [0.15, 0.2) is 47.4 Å². The molecule has 0 unspecified atom stereocenters. The third-order valence-corrected chi connectivity index (χ3v) is 4.96. The van der Waals surface area contributed by atoms with Crippen LogP contribution in [0.4, 0.5) is 5.69 Å². The summed E-state index contributed by atoms with van der Waals surface area (Å²) in [6, 6.07) is 9.80. The average molecular weight is 440 g/mol. The van der Waals surface area contributed by atoms with Crippen molar-refractivity contribution in [1.29, 1.82) is 0 Å². The van der Waals surface area contributed by atoms with Gasteiger partial charge in [-0.3, -0.25) is 18.9 Å². The molecule has 0 aliphatic heterocycles. The Morgan fingerprint density at radius 3 is 2.57 bits per heavy atom. The Hall–Kier alpha value is -2.12. The number of hydrogen-bond donors (Lipinski definition) is 1. The van der Waals surface area contributed by atoms with E-state index >= 15 is 0 Å². The van der Waals surface area contributed by atoms with E-state index in [1.165, 1.54) is 16.7 Å². The van der Waals surface area contributed by atoms with E-state index in [1.54, 1.807) is 30.3 Å². The first-order valence-electron chi connectivity index (χ1n) is 8.51. The van der Waals surface area contributed by atoms with Gasteiger partial charge in [-0.1, -0.05) is 47.8 Å². The number of halogens is 3. The van der Waals surface area contributed by atoms with Gasteiger partial charge in [0.2, 0.25) is 5.91 Å². The summed E-state index contributed by atoms with van der Waals surface area (Å²) in [7, 11) is 0. The summed E-state index contributed by atoms with van der Waals surface area (Å²) >= 11 is 18.1. The lowest BCUT2D eigenvalue weighted by atomic mass is 10.3. The molecular formula is C19H17Cl3N4O2. The van der Waals surface area contributed by atoms with Gasteiger partial charge in [-0.25, -0.2) is 4.98 Å². The zero-order valence-corrected chi connectivity index (χ0v) is 17.2. The van der Waals surface area contributed by atoms with Crippen molar-refractivity contribution in [3.8, 4) is 0 Å². The SMILES string of the molecule is CCN(CC(=O)Nc1c(Cl)cccc1Cl)Cc1cc(=O)n2cc(Cl)ccc2n1. The zero-order valence-electron chi connectivity index (χ0n) is 15.0. The molecule has 2 heterocycles. The molecule has 0 aliphatic rings. The van der Waals surface area contributed by atoms with E-state index in [4.69, 9.17) is 34.8 Å². The molecule has 0 saturated heterocycles. The highest BCUT2D eigenvalue weighted by atomic mass is 35.5. The number of carbonyl (C=O) groups is 1. The largest absolute Gasteiger partial charge is 0.322 e. The molecule has 9 heteroatoms. The van der Waals surface area contributed by atoms with E-state index in [-0.39, 0.29) is 18.0 Å². The van der Waals surface area contributed by atoms with Gasteiger partial charge in [0.25, 0.3) is 5.56 Å². The van der Waals surface area contributed by atoms with E-state index in [0.717, 1.165) is 0 Å². The fraction of sp³-hybridized carbons (Fsp3) is 0.211. The second kappa shape index (κ2) is 8.92. The predicted octanol–water partition coefficient (Wildman–Crippen LogP) is 4.12. The van der Waals surface area contributed by atoms with Gasteiger partial charge in [-0.15, -0.1) is 0 Å². The van der Waals surface area contributed by atoms with Crippen LogP contribution < -0.4 is 10.9 Å². The maximum Gasteiger partial charge on any atom is 0.258 e. The Bertz CT molecular complexity index is 1060. The minimum atomic E-state index is -0.263. The molecule has 0 atom stereocenters. The van der Waals surface area contributed by atoms with Gasteiger partial charge in [-0.05, 0) is 30.8 Å². The van der Waals surface area contributed by atoms with Crippen LogP contribution in [0.25, 0.3) is 5.65 Å².